The molecule has 1 nitrogen and oxygen atoms in total. The molecular formula is C45H34O. The molecule has 0 atom stereocenters. The number of rotatable bonds is 3. The van der Waals surface area contributed by atoms with E-state index < -0.39 is 0 Å². The first kappa shape index (κ1) is 27.0. The monoisotopic (exact) mass is 590 g/mol. The summed E-state index contributed by atoms with van der Waals surface area (Å²) in [6.45, 7) is 9.07. The SMILES string of the molecule is C/C=C\C=C(/C)c1c2ccccc2c(-c2ccc3c(c2)-c2ccc4ccc5oc6ccccc6c5c4c2C3(C)C)c2ccccc12. The fourth-order valence-corrected chi connectivity index (χ4v) is 8.30. The first-order valence-electron chi connectivity index (χ1n) is 16.2. The lowest BCUT2D eigenvalue weighted by Gasteiger charge is -2.24. The summed E-state index contributed by atoms with van der Waals surface area (Å²) in [6, 6.07) is 42.5. The molecule has 0 spiro atoms. The highest BCUT2D eigenvalue weighted by Crippen LogP contribution is 2.54. The van der Waals surface area contributed by atoms with Crippen molar-refractivity contribution >= 4 is 59.8 Å². The van der Waals surface area contributed by atoms with E-state index in [1.807, 2.05) is 0 Å². The summed E-state index contributed by atoms with van der Waals surface area (Å²) in [5.41, 5.74) is 12.3. The van der Waals surface area contributed by atoms with E-state index in [4.69, 9.17) is 4.42 Å². The summed E-state index contributed by atoms with van der Waals surface area (Å²) in [7, 11) is 0. The van der Waals surface area contributed by atoms with Gasteiger partial charge in [0.1, 0.15) is 11.2 Å². The fourth-order valence-electron chi connectivity index (χ4n) is 8.30. The van der Waals surface area contributed by atoms with Gasteiger partial charge in [0.05, 0.1) is 0 Å². The summed E-state index contributed by atoms with van der Waals surface area (Å²) in [6.07, 6.45) is 6.46. The molecule has 0 fully saturated rings. The van der Waals surface area contributed by atoms with Crippen LogP contribution in [0.15, 0.2) is 138 Å². The molecule has 0 aliphatic heterocycles. The van der Waals surface area contributed by atoms with E-state index in [2.05, 4.69) is 161 Å². The normalized spacial score (nSPS) is 14.3. The fraction of sp³-hybridized carbons (Fsp3) is 0.111. The number of allylic oxidation sites excluding steroid dienone is 4. The van der Waals surface area contributed by atoms with Crippen LogP contribution in [-0.2, 0) is 5.41 Å². The standard InChI is InChI=1S/C45H34O/c1-5-6-13-27(2)40-30-14-7-9-16-32(30)41(33-17-10-8-15-31(33)40)29-21-24-37-36(26-29)34-23-20-28-22-25-39-43(42(28)44(34)45(37,3)4)35-18-11-12-19-38(35)46-39/h5-26H,1-4H3/b6-5-,27-13+. The summed E-state index contributed by atoms with van der Waals surface area (Å²) < 4.78 is 6.36. The average Bonchev–Trinajstić information content (AvgIpc) is 3.58. The van der Waals surface area contributed by atoms with Crippen molar-refractivity contribution in [2.45, 2.75) is 33.1 Å². The zero-order valence-corrected chi connectivity index (χ0v) is 26.6. The van der Waals surface area contributed by atoms with E-state index in [-0.39, 0.29) is 5.41 Å². The van der Waals surface area contributed by atoms with Gasteiger partial charge in [0, 0.05) is 16.2 Å². The van der Waals surface area contributed by atoms with E-state index in [1.54, 1.807) is 0 Å². The predicted molar refractivity (Wildman–Crippen MR) is 198 cm³/mol. The van der Waals surface area contributed by atoms with Crippen LogP contribution >= 0.6 is 0 Å². The summed E-state index contributed by atoms with van der Waals surface area (Å²) in [4.78, 5) is 0. The Morgan fingerprint density at radius 1 is 0.630 bits per heavy atom. The Morgan fingerprint density at radius 3 is 2.00 bits per heavy atom. The second-order valence-corrected chi connectivity index (χ2v) is 13.2. The van der Waals surface area contributed by atoms with E-state index >= 15 is 0 Å². The van der Waals surface area contributed by atoms with Gasteiger partial charge in [-0.1, -0.05) is 129 Å². The van der Waals surface area contributed by atoms with Gasteiger partial charge in [0.15, 0.2) is 0 Å². The van der Waals surface area contributed by atoms with Crippen molar-refractivity contribution in [3.63, 3.8) is 0 Å². The van der Waals surface area contributed by atoms with Crippen LogP contribution in [0.5, 0.6) is 0 Å². The topological polar surface area (TPSA) is 13.1 Å². The first-order chi connectivity index (χ1) is 22.5. The molecule has 0 N–H and O–H groups in total. The molecule has 9 rings (SSSR count). The summed E-state index contributed by atoms with van der Waals surface area (Å²) in [5, 5.41) is 10.1. The van der Waals surface area contributed by atoms with Gasteiger partial charge in [0.25, 0.3) is 0 Å². The van der Waals surface area contributed by atoms with Crippen LogP contribution in [0.25, 0.3) is 82.1 Å². The lowest BCUT2D eigenvalue weighted by molar-refractivity contribution is 0.665. The van der Waals surface area contributed by atoms with Crippen LogP contribution in [0.3, 0.4) is 0 Å². The van der Waals surface area contributed by atoms with Crippen molar-refractivity contribution in [1.29, 1.82) is 0 Å². The number of hydrogen-bond donors (Lipinski definition) is 0. The van der Waals surface area contributed by atoms with Gasteiger partial charge < -0.3 is 4.42 Å². The summed E-state index contributed by atoms with van der Waals surface area (Å²) >= 11 is 0. The van der Waals surface area contributed by atoms with Gasteiger partial charge in [-0.3, -0.25) is 0 Å². The maximum absolute atomic E-state index is 6.36. The third kappa shape index (κ3) is 3.63. The third-order valence-corrected chi connectivity index (χ3v) is 10.3. The van der Waals surface area contributed by atoms with Crippen LogP contribution in [0.2, 0.25) is 0 Å². The van der Waals surface area contributed by atoms with Gasteiger partial charge in [-0.15, -0.1) is 0 Å². The minimum absolute atomic E-state index is 0.169. The Kier molecular flexibility index (Phi) is 5.74. The first-order valence-corrected chi connectivity index (χ1v) is 16.2. The zero-order chi connectivity index (χ0) is 31.2. The lowest BCUT2D eigenvalue weighted by atomic mass is 9.79. The van der Waals surface area contributed by atoms with Crippen molar-refractivity contribution in [3.8, 4) is 22.3 Å². The molecule has 0 unspecified atom stereocenters. The van der Waals surface area contributed by atoms with Gasteiger partial charge in [-0.05, 0) is 109 Å². The van der Waals surface area contributed by atoms with E-state index in [0.29, 0.717) is 0 Å². The summed E-state index contributed by atoms with van der Waals surface area (Å²) in [5.74, 6) is 0. The van der Waals surface area contributed by atoms with E-state index in [1.165, 1.54) is 87.6 Å². The molecule has 1 heteroatoms. The highest BCUT2D eigenvalue weighted by atomic mass is 16.3. The Labute approximate surface area is 269 Å². The largest absolute Gasteiger partial charge is 0.456 e. The zero-order valence-electron chi connectivity index (χ0n) is 26.6. The second-order valence-electron chi connectivity index (χ2n) is 13.2. The maximum atomic E-state index is 6.36. The van der Waals surface area contributed by atoms with Crippen LogP contribution < -0.4 is 0 Å². The minimum atomic E-state index is -0.169. The van der Waals surface area contributed by atoms with E-state index in [0.717, 1.165) is 11.2 Å². The van der Waals surface area contributed by atoms with Crippen LogP contribution in [0.4, 0.5) is 0 Å². The molecule has 0 bridgehead atoms. The van der Waals surface area contributed by atoms with Crippen molar-refractivity contribution in [2.75, 3.05) is 0 Å². The van der Waals surface area contributed by atoms with E-state index in [9.17, 15) is 0 Å². The highest BCUT2D eigenvalue weighted by molar-refractivity contribution is 6.22. The second kappa shape index (κ2) is 9.80. The van der Waals surface area contributed by atoms with Crippen LogP contribution in [-0.4, -0.2) is 0 Å². The van der Waals surface area contributed by atoms with Crippen molar-refractivity contribution in [2.24, 2.45) is 0 Å². The molecule has 1 aromatic heterocycles. The Balaban J connectivity index is 1.35. The van der Waals surface area contributed by atoms with Crippen molar-refractivity contribution < 1.29 is 4.42 Å². The molecule has 7 aromatic carbocycles. The molecule has 1 aliphatic rings. The minimum Gasteiger partial charge on any atom is -0.456 e. The maximum Gasteiger partial charge on any atom is 0.136 e. The van der Waals surface area contributed by atoms with Gasteiger partial charge in [0.2, 0.25) is 0 Å². The number of benzene rings is 7. The Morgan fingerprint density at radius 2 is 1.28 bits per heavy atom. The van der Waals surface area contributed by atoms with Gasteiger partial charge in [-0.2, -0.15) is 0 Å². The van der Waals surface area contributed by atoms with Crippen molar-refractivity contribution in [3.05, 3.63) is 150 Å². The molecule has 220 valence electrons. The number of furan rings is 1. The quantitative estimate of drug-likeness (QED) is 0.147. The van der Waals surface area contributed by atoms with Crippen LogP contribution in [0, 0.1) is 0 Å². The number of fused-ring (bicyclic) bond motifs is 11. The molecule has 0 radical (unpaired) electrons. The highest BCUT2D eigenvalue weighted by Gasteiger charge is 2.38. The number of hydrogen-bond acceptors (Lipinski definition) is 1. The molecule has 0 amide bonds. The van der Waals surface area contributed by atoms with Gasteiger partial charge in [-0.25, -0.2) is 0 Å². The molecule has 1 aliphatic carbocycles. The molecular weight excluding hydrogens is 556 g/mol. The molecule has 1 heterocycles. The smallest absolute Gasteiger partial charge is 0.136 e. The molecule has 0 saturated carbocycles. The molecule has 8 aromatic rings. The van der Waals surface area contributed by atoms with Gasteiger partial charge >= 0.3 is 0 Å². The Bertz CT molecular complexity index is 2560. The predicted octanol–water partition coefficient (Wildman–Crippen LogP) is 13.0. The average molecular weight is 591 g/mol. The molecule has 46 heavy (non-hydrogen) atoms. The third-order valence-electron chi connectivity index (χ3n) is 10.3. The molecule has 0 saturated heterocycles. The lowest BCUT2D eigenvalue weighted by Crippen LogP contribution is -2.15. The van der Waals surface area contributed by atoms with Crippen molar-refractivity contribution in [1.82, 2.24) is 0 Å². The Hall–Kier alpha value is -5.40. The number of para-hydroxylation sites is 1. The van der Waals surface area contributed by atoms with Crippen LogP contribution in [0.1, 0.15) is 44.4 Å².